The molecule has 0 aliphatic carbocycles. The first-order valence-corrected chi connectivity index (χ1v) is 7.05. The predicted molar refractivity (Wildman–Crippen MR) is 69.6 cm³/mol. The number of nitrogens with zero attached hydrogens (tertiary/aromatic N) is 1. The Bertz CT molecular complexity index is 625. The highest BCUT2D eigenvalue weighted by Crippen LogP contribution is 2.11. The van der Waals surface area contributed by atoms with E-state index in [1.807, 2.05) is 0 Å². The van der Waals surface area contributed by atoms with E-state index in [2.05, 4.69) is 15.1 Å². The molecule has 0 bridgehead atoms. The van der Waals surface area contributed by atoms with E-state index in [1.165, 1.54) is 18.3 Å². The Morgan fingerprint density at radius 3 is 2.89 bits per heavy atom. The average Bonchev–Trinajstić information content (AvgIpc) is 2.92. The van der Waals surface area contributed by atoms with Crippen molar-refractivity contribution >= 4 is 15.8 Å². The SMILES string of the molecule is NNc1cc(S(=O)(=O)NCCc2ccco2)ccn1. The number of nitrogen functional groups attached to an aromatic ring is 1. The van der Waals surface area contributed by atoms with Gasteiger partial charge in [0.1, 0.15) is 11.6 Å². The van der Waals surface area contributed by atoms with Gasteiger partial charge in [-0.05, 0) is 18.2 Å². The van der Waals surface area contributed by atoms with Gasteiger partial charge in [-0.15, -0.1) is 0 Å². The second kappa shape index (κ2) is 5.83. The number of pyridine rings is 1. The van der Waals surface area contributed by atoms with Crippen LogP contribution < -0.4 is 16.0 Å². The molecule has 0 aliphatic heterocycles. The highest BCUT2D eigenvalue weighted by atomic mass is 32.2. The van der Waals surface area contributed by atoms with Gasteiger partial charge in [0, 0.05) is 25.2 Å². The molecule has 2 aromatic heterocycles. The van der Waals surface area contributed by atoms with Crippen LogP contribution in [0.15, 0.2) is 46.0 Å². The smallest absolute Gasteiger partial charge is 0.240 e. The molecule has 0 spiro atoms. The van der Waals surface area contributed by atoms with E-state index in [4.69, 9.17) is 10.3 Å². The fourth-order valence-electron chi connectivity index (χ4n) is 1.50. The van der Waals surface area contributed by atoms with Gasteiger partial charge in [-0.2, -0.15) is 0 Å². The quantitative estimate of drug-likeness (QED) is 0.525. The summed E-state index contributed by atoms with van der Waals surface area (Å²) in [6.45, 7) is 0.254. The third-order valence-electron chi connectivity index (χ3n) is 2.43. The number of hydrogen-bond acceptors (Lipinski definition) is 6. The Balaban J connectivity index is 2.01. The van der Waals surface area contributed by atoms with Gasteiger partial charge in [-0.1, -0.05) is 0 Å². The van der Waals surface area contributed by atoms with Crippen molar-refractivity contribution in [2.24, 2.45) is 5.84 Å². The molecule has 102 valence electrons. The van der Waals surface area contributed by atoms with E-state index in [-0.39, 0.29) is 17.3 Å². The van der Waals surface area contributed by atoms with Crippen LogP contribution in [0, 0.1) is 0 Å². The van der Waals surface area contributed by atoms with E-state index in [1.54, 1.807) is 18.4 Å². The number of hydrogen-bond donors (Lipinski definition) is 3. The summed E-state index contributed by atoms with van der Waals surface area (Å²) >= 11 is 0. The first kappa shape index (κ1) is 13.5. The number of nitrogens with one attached hydrogen (secondary N) is 2. The lowest BCUT2D eigenvalue weighted by atomic mass is 10.3. The molecule has 0 saturated heterocycles. The van der Waals surface area contributed by atoms with Crippen LogP contribution in [0.5, 0.6) is 0 Å². The summed E-state index contributed by atoms with van der Waals surface area (Å²) in [6.07, 6.45) is 3.40. The van der Waals surface area contributed by atoms with Gasteiger partial charge in [-0.3, -0.25) is 0 Å². The minimum atomic E-state index is -3.57. The maximum atomic E-state index is 12.0. The molecule has 0 fully saturated rings. The van der Waals surface area contributed by atoms with Gasteiger partial charge >= 0.3 is 0 Å². The summed E-state index contributed by atoms with van der Waals surface area (Å²) in [7, 11) is -3.57. The van der Waals surface area contributed by atoms with Gasteiger partial charge in [0.15, 0.2) is 0 Å². The molecule has 2 aromatic rings. The summed E-state index contributed by atoms with van der Waals surface area (Å²) in [5.41, 5.74) is 2.30. The summed E-state index contributed by atoms with van der Waals surface area (Å²) in [4.78, 5) is 3.96. The fraction of sp³-hybridized carbons (Fsp3) is 0.182. The number of rotatable bonds is 6. The van der Waals surface area contributed by atoms with Crippen LogP contribution in [0.2, 0.25) is 0 Å². The van der Waals surface area contributed by atoms with Crippen LogP contribution in [-0.2, 0) is 16.4 Å². The molecule has 7 nitrogen and oxygen atoms in total. The molecule has 0 aromatic carbocycles. The number of sulfonamides is 1. The van der Waals surface area contributed by atoms with Crippen LogP contribution in [0.25, 0.3) is 0 Å². The molecule has 0 atom stereocenters. The Morgan fingerprint density at radius 2 is 2.21 bits per heavy atom. The fourth-order valence-corrected chi connectivity index (χ4v) is 2.55. The molecule has 8 heteroatoms. The third-order valence-corrected chi connectivity index (χ3v) is 3.89. The summed E-state index contributed by atoms with van der Waals surface area (Å²) < 4.78 is 31.6. The van der Waals surface area contributed by atoms with Crippen molar-refractivity contribution in [1.82, 2.24) is 9.71 Å². The van der Waals surface area contributed by atoms with E-state index < -0.39 is 10.0 Å². The number of anilines is 1. The van der Waals surface area contributed by atoms with Gasteiger partial charge < -0.3 is 9.84 Å². The van der Waals surface area contributed by atoms with Crippen molar-refractivity contribution in [2.45, 2.75) is 11.3 Å². The highest BCUT2D eigenvalue weighted by molar-refractivity contribution is 7.89. The van der Waals surface area contributed by atoms with Crippen molar-refractivity contribution in [1.29, 1.82) is 0 Å². The van der Waals surface area contributed by atoms with Crippen molar-refractivity contribution in [3.63, 3.8) is 0 Å². The molecule has 0 aliphatic rings. The Morgan fingerprint density at radius 1 is 1.37 bits per heavy atom. The van der Waals surface area contributed by atoms with Crippen LogP contribution in [0.4, 0.5) is 5.82 Å². The molecule has 4 N–H and O–H groups in total. The highest BCUT2D eigenvalue weighted by Gasteiger charge is 2.14. The average molecular weight is 282 g/mol. The van der Waals surface area contributed by atoms with E-state index in [0.29, 0.717) is 6.42 Å². The van der Waals surface area contributed by atoms with Crippen molar-refractivity contribution in [3.8, 4) is 0 Å². The maximum Gasteiger partial charge on any atom is 0.240 e. The van der Waals surface area contributed by atoms with Gasteiger partial charge in [0.25, 0.3) is 0 Å². The molecule has 19 heavy (non-hydrogen) atoms. The lowest BCUT2D eigenvalue weighted by Crippen LogP contribution is -2.26. The van der Waals surface area contributed by atoms with E-state index in [9.17, 15) is 8.42 Å². The molecule has 0 radical (unpaired) electrons. The predicted octanol–water partition coefficient (Wildman–Crippen LogP) is 0.481. The van der Waals surface area contributed by atoms with E-state index in [0.717, 1.165) is 5.76 Å². The third kappa shape index (κ3) is 3.53. The second-order valence-electron chi connectivity index (χ2n) is 3.75. The second-order valence-corrected chi connectivity index (χ2v) is 5.52. The normalized spacial score (nSPS) is 11.4. The number of nitrogens with two attached hydrogens (primary N) is 1. The lowest BCUT2D eigenvalue weighted by molar-refractivity contribution is 0.506. The zero-order chi connectivity index (χ0) is 13.7. The molecule has 2 rings (SSSR count). The molecule has 0 amide bonds. The van der Waals surface area contributed by atoms with Crippen molar-refractivity contribution in [3.05, 3.63) is 42.5 Å². The molecule has 0 unspecified atom stereocenters. The molecule has 0 saturated carbocycles. The van der Waals surface area contributed by atoms with Gasteiger partial charge in [-0.25, -0.2) is 24.0 Å². The maximum absolute atomic E-state index is 12.0. The van der Waals surface area contributed by atoms with Crippen LogP contribution >= 0.6 is 0 Å². The summed E-state index contributed by atoms with van der Waals surface area (Å²) in [5, 5.41) is 0. The Labute approximate surface area is 110 Å². The van der Waals surface area contributed by atoms with E-state index >= 15 is 0 Å². The topological polar surface area (TPSA) is 110 Å². The summed E-state index contributed by atoms with van der Waals surface area (Å²) in [5.74, 6) is 6.20. The lowest BCUT2D eigenvalue weighted by Gasteiger charge is -2.07. The minimum Gasteiger partial charge on any atom is -0.469 e. The van der Waals surface area contributed by atoms with Crippen LogP contribution in [-0.4, -0.2) is 19.9 Å². The number of aromatic nitrogens is 1. The first-order valence-electron chi connectivity index (χ1n) is 5.56. The monoisotopic (exact) mass is 282 g/mol. The molecular weight excluding hydrogens is 268 g/mol. The number of furan rings is 1. The van der Waals surface area contributed by atoms with Gasteiger partial charge in [0.2, 0.25) is 10.0 Å². The molecule has 2 heterocycles. The first-order chi connectivity index (χ1) is 9.12. The van der Waals surface area contributed by atoms with Gasteiger partial charge in [0.05, 0.1) is 11.2 Å². The van der Waals surface area contributed by atoms with Crippen LogP contribution in [0.1, 0.15) is 5.76 Å². The Hall–Kier alpha value is -1.90. The Kier molecular flexibility index (Phi) is 4.15. The zero-order valence-corrected chi connectivity index (χ0v) is 10.9. The minimum absolute atomic E-state index is 0.106. The van der Waals surface area contributed by atoms with Crippen molar-refractivity contribution < 1.29 is 12.8 Å². The summed E-state index contributed by atoms with van der Waals surface area (Å²) in [6, 6.07) is 6.30. The molecular formula is C11H14N4O3S. The van der Waals surface area contributed by atoms with Crippen LogP contribution in [0.3, 0.4) is 0 Å². The van der Waals surface area contributed by atoms with Crippen molar-refractivity contribution in [2.75, 3.05) is 12.0 Å². The largest absolute Gasteiger partial charge is 0.469 e. The number of hydrazine groups is 1. The standard InChI is InChI=1S/C11H14N4O3S/c12-15-11-8-10(4-5-13-11)19(16,17)14-6-3-9-2-1-7-18-9/h1-2,4-5,7-8,14H,3,6,12H2,(H,13,15). The zero-order valence-electron chi connectivity index (χ0n) is 10.0.